The zero-order valence-electron chi connectivity index (χ0n) is 17.9. The van der Waals surface area contributed by atoms with Gasteiger partial charge in [-0.25, -0.2) is 9.18 Å². The maximum Gasteiger partial charge on any atom is 0.321 e. The van der Waals surface area contributed by atoms with Crippen molar-refractivity contribution >= 4 is 34.2 Å². The normalized spacial score (nSPS) is 13.7. The van der Waals surface area contributed by atoms with Crippen LogP contribution in [0.2, 0.25) is 0 Å². The lowest BCUT2D eigenvalue weighted by atomic mass is 10.2. The van der Waals surface area contributed by atoms with E-state index in [-0.39, 0.29) is 24.3 Å². The molecule has 0 spiro atoms. The quantitative estimate of drug-likeness (QED) is 0.457. The first-order valence-corrected chi connectivity index (χ1v) is 10.9. The molecule has 166 valence electrons. The average molecular weight is 442 g/mol. The largest absolute Gasteiger partial charge is 0.338 e. The Hall–Kier alpha value is -4.13. The summed E-state index contributed by atoms with van der Waals surface area (Å²) in [5.74, 6) is -0.614. The number of fused-ring (bicyclic) bond motifs is 1. The van der Waals surface area contributed by atoms with E-state index in [1.807, 2.05) is 47.0 Å². The molecule has 4 aromatic rings. The Bertz CT molecular complexity index is 1350. The third kappa shape index (κ3) is 4.17. The molecule has 5 rings (SSSR count). The summed E-state index contributed by atoms with van der Waals surface area (Å²) in [5, 5.41) is 6.68. The van der Waals surface area contributed by atoms with E-state index in [0.717, 1.165) is 23.0 Å². The Labute approximate surface area is 190 Å². The molecule has 1 aliphatic heterocycles. The Kier molecular flexibility index (Phi) is 5.52. The number of nitrogens with zero attached hydrogens (tertiary/aromatic N) is 2. The maximum atomic E-state index is 14.4. The molecule has 3 amide bonds. The lowest BCUT2D eigenvalue weighted by Gasteiger charge is -2.27. The minimum atomic E-state index is -0.311. The predicted octanol–water partition coefficient (Wildman–Crippen LogP) is 5.00. The highest BCUT2D eigenvalue weighted by molar-refractivity contribution is 6.07. The smallest absolute Gasteiger partial charge is 0.321 e. The van der Waals surface area contributed by atoms with E-state index in [1.54, 1.807) is 35.2 Å². The zero-order valence-corrected chi connectivity index (χ0v) is 17.9. The average Bonchev–Trinajstić information content (AvgIpc) is 3.20. The van der Waals surface area contributed by atoms with E-state index in [2.05, 4.69) is 10.6 Å². The fourth-order valence-corrected chi connectivity index (χ4v) is 4.19. The second-order valence-electron chi connectivity index (χ2n) is 8.01. The van der Waals surface area contributed by atoms with Gasteiger partial charge in [0.15, 0.2) is 0 Å². The van der Waals surface area contributed by atoms with Gasteiger partial charge >= 0.3 is 6.03 Å². The highest BCUT2D eigenvalue weighted by Crippen LogP contribution is 2.25. The summed E-state index contributed by atoms with van der Waals surface area (Å²) < 4.78 is 16.2. The number of halogens is 1. The SMILES string of the molecule is O=C(Nc1cccc(N2CCCNC2=O)c1)c1cc2ccccc2n1Cc1ccccc1F. The molecule has 33 heavy (non-hydrogen) atoms. The first-order chi connectivity index (χ1) is 16.1. The van der Waals surface area contributed by atoms with Crippen molar-refractivity contribution in [3.63, 3.8) is 0 Å². The van der Waals surface area contributed by atoms with Gasteiger partial charge in [-0.2, -0.15) is 0 Å². The number of carbonyl (C=O) groups is 2. The number of amides is 3. The van der Waals surface area contributed by atoms with Gasteiger partial charge in [-0.1, -0.05) is 42.5 Å². The third-order valence-corrected chi connectivity index (χ3v) is 5.83. The van der Waals surface area contributed by atoms with Crippen LogP contribution in [0, 0.1) is 5.82 Å². The summed E-state index contributed by atoms with van der Waals surface area (Å²) >= 11 is 0. The van der Waals surface area contributed by atoms with Crippen LogP contribution in [0.15, 0.2) is 78.9 Å². The topological polar surface area (TPSA) is 66.4 Å². The van der Waals surface area contributed by atoms with E-state index in [0.29, 0.717) is 30.0 Å². The van der Waals surface area contributed by atoms with E-state index in [4.69, 9.17) is 0 Å². The molecule has 0 radical (unpaired) electrons. The van der Waals surface area contributed by atoms with Gasteiger partial charge in [0.2, 0.25) is 0 Å². The molecule has 0 unspecified atom stereocenters. The monoisotopic (exact) mass is 442 g/mol. The van der Waals surface area contributed by atoms with Crippen LogP contribution < -0.4 is 15.5 Å². The summed E-state index contributed by atoms with van der Waals surface area (Å²) in [6.07, 6.45) is 0.860. The minimum absolute atomic E-state index is 0.144. The van der Waals surface area contributed by atoms with Gasteiger partial charge in [0.25, 0.3) is 5.91 Å². The number of hydrogen-bond donors (Lipinski definition) is 2. The van der Waals surface area contributed by atoms with Crippen LogP contribution >= 0.6 is 0 Å². The van der Waals surface area contributed by atoms with Gasteiger partial charge in [0.05, 0.1) is 6.54 Å². The van der Waals surface area contributed by atoms with E-state index < -0.39 is 0 Å². The van der Waals surface area contributed by atoms with Crippen molar-refractivity contribution in [2.75, 3.05) is 23.3 Å². The van der Waals surface area contributed by atoms with Crippen LogP contribution in [0.4, 0.5) is 20.6 Å². The van der Waals surface area contributed by atoms with Crippen LogP contribution in [0.3, 0.4) is 0 Å². The summed E-state index contributed by atoms with van der Waals surface area (Å²) in [6, 6.07) is 23.1. The molecular weight excluding hydrogens is 419 g/mol. The molecule has 3 aromatic carbocycles. The number of aromatic nitrogens is 1. The van der Waals surface area contributed by atoms with Crippen molar-refractivity contribution in [3.8, 4) is 0 Å². The number of benzene rings is 3. The number of carbonyl (C=O) groups excluding carboxylic acids is 2. The molecule has 1 fully saturated rings. The highest BCUT2D eigenvalue weighted by Gasteiger charge is 2.21. The molecule has 2 N–H and O–H groups in total. The molecule has 0 saturated carbocycles. The summed E-state index contributed by atoms with van der Waals surface area (Å²) in [4.78, 5) is 27.2. The third-order valence-electron chi connectivity index (χ3n) is 5.83. The predicted molar refractivity (Wildman–Crippen MR) is 127 cm³/mol. The van der Waals surface area contributed by atoms with Gasteiger partial charge in [0.1, 0.15) is 11.5 Å². The number of hydrogen-bond acceptors (Lipinski definition) is 2. The molecular formula is C26H23FN4O2. The molecule has 0 aliphatic carbocycles. The van der Waals surface area contributed by atoms with Crippen molar-refractivity contribution in [3.05, 3.63) is 95.9 Å². The van der Waals surface area contributed by atoms with Crippen molar-refractivity contribution in [2.45, 2.75) is 13.0 Å². The summed E-state index contributed by atoms with van der Waals surface area (Å²) in [7, 11) is 0. The molecule has 7 heteroatoms. The number of urea groups is 1. The van der Waals surface area contributed by atoms with Crippen LogP contribution in [0.1, 0.15) is 22.5 Å². The molecule has 1 aromatic heterocycles. The molecule has 1 saturated heterocycles. The first kappa shape index (κ1) is 20.8. The zero-order chi connectivity index (χ0) is 22.8. The van der Waals surface area contributed by atoms with Crippen LogP contribution in [0.25, 0.3) is 10.9 Å². The van der Waals surface area contributed by atoms with E-state index >= 15 is 0 Å². The van der Waals surface area contributed by atoms with Crippen molar-refractivity contribution in [1.82, 2.24) is 9.88 Å². The molecule has 0 bridgehead atoms. The van der Waals surface area contributed by atoms with E-state index in [1.165, 1.54) is 6.07 Å². The van der Waals surface area contributed by atoms with Gasteiger partial charge in [0, 0.05) is 40.9 Å². The number of nitrogens with one attached hydrogen (secondary N) is 2. The number of rotatable bonds is 5. The lowest BCUT2D eigenvalue weighted by molar-refractivity contribution is 0.101. The Morgan fingerprint density at radius 2 is 1.82 bits per heavy atom. The summed E-state index contributed by atoms with van der Waals surface area (Å²) in [5.41, 5.74) is 3.09. The highest BCUT2D eigenvalue weighted by atomic mass is 19.1. The molecule has 0 atom stereocenters. The Balaban J connectivity index is 1.46. The van der Waals surface area contributed by atoms with Crippen LogP contribution in [-0.2, 0) is 6.54 Å². The van der Waals surface area contributed by atoms with Gasteiger partial charge < -0.3 is 15.2 Å². The first-order valence-electron chi connectivity index (χ1n) is 10.9. The van der Waals surface area contributed by atoms with E-state index in [9.17, 15) is 14.0 Å². The fourth-order valence-electron chi connectivity index (χ4n) is 4.19. The standard InChI is InChI=1S/C26H23FN4O2/c27-22-11-3-1-8-19(22)17-31-23-12-4-2-7-18(23)15-24(31)25(32)29-20-9-5-10-21(16-20)30-14-6-13-28-26(30)33/h1-5,7-12,15-16H,6,13-14,17H2,(H,28,33)(H,29,32). The lowest BCUT2D eigenvalue weighted by Crippen LogP contribution is -2.46. The Morgan fingerprint density at radius 1 is 1.00 bits per heavy atom. The Morgan fingerprint density at radius 3 is 2.67 bits per heavy atom. The summed E-state index contributed by atoms with van der Waals surface area (Å²) in [6.45, 7) is 1.52. The molecule has 6 nitrogen and oxygen atoms in total. The maximum absolute atomic E-state index is 14.4. The minimum Gasteiger partial charge on any atom is -0.338 e. The fraction of sp³-hybridized carbons (Fsp3) is 0.154. The molecule has 2 heterocycles. The number of para-hydroxylation sites is 1. The second kappa shape index (κ2) is 8.78. The second-order valence-corrected chi connectivity index (χ2v) is 8.01. The van der Waals surface area contributed by atoms with Crippen molar-refractivity contribution < 1.29 is 14.0 Å². The van der Waals surface area contributed by atoms with Gasteiger partial charge in [-0.05, 0) is 42.8 Å². The van der Waals surface area contributed by atoms with Gasteiger partial charge in [-0.3, -0.25) is 9.69 Å². The van der Waals surface area contributed by atoms with Crippen molar-refractivity contribution in [2.24, 2.45) is 0 Å². The molecule has 1 aliphatic rings. The van der Waals surface area contributed by atoms with Gasteiger partial charge in [-0.15, -0.1) is 0 Å². The number of anilines is 2. The van der Waals surface area contributed by atoms with Crippen LogP contribution in [0.5, 0.6) is 0 Å². The van der Waals surface area contributed by atoms with Crippen LogP contribution in [-0.4, -0.2) is 29.6 Å². The van der Waals surface area contributed by atoms with Crippen molar-refractivity contribution in [1.29, 1.82) is 0 Å².